The number of rotatable bonds is 6. The van der Waals surface area contributed by atoms with Gasteiger partial charge in [0, 0.05) is 30.8 Å². The van der Waals surface area contributed by atoms with Crippen LogP contribution in [0.3, 0.4) is 0 Å². The number of benzene rings is 1. The van der Waals surface area contributed by atoms with Crippen molar-refractivity contribution in [2.75, 3.05) is 26.4 Å². The molecule has 1 spiro atoms. The zero-order valence-electron chi connectivity index (χ0n) is 25.1. The highest BCUT2D eigenvalue weighted by atomic mass is 16.7. The molecule has 230 valence electrons. The molecule has 1 aromatic carbocycles. The average Bonchev–Trinajstić information content (AvgIpc) is 3.56. The molecule has 4 aliphatic carbocycles. The van der Waals surface area contributed by atoms with Gasteiger partial charge in [0.2, 0.25) is 0 Å². The Hall–Kier alpha value is -1.58. The quantitative estimate of drug-likeness (QED) is 0.394. The average molecular weight is 581 g/mol. The lowest BCUT2D eigenvalue weighted by Gasteiger charge is -2.57. The lowest BCUT2D eigenvalue weighted by Crippen LogP contribution is -2.55. The largest absolute Gasteiger partial charge is 0.392 e. The predicted octanol–water partition coefficient (Wildman–Crippen LogP) is 5.28. The topological polar surface area (TPSA) is 97.6 Å². The summed E-state index contributed by atoms with van der Waals surface area (Å²) in [6.45, 7) is 4.70. The molecule has 7 nitrogen and oxygen atoms in total. The number of fused-ring (bicyclic) bond motifs is 4. The van der Waals surface area contributed by atoms with Crippen LogP contribution < -0.4 is 0 Å². The Morgan fingerprint density at radius 2 is 1.79 bits per heavy atom. The van der Waals surface area contributed by atoms with Gasteiger partial charge >= 0.3 is 0 Å². The van der Waals surface area contributed by atoms with Gasteiger partial charge in [-0.1, -0.05) is 48.9 Å². The maximum atomic E-state index is 12.3. The van der Waals surface area contributed by atoms with E-state index >= 15 is 0 Å². The van der Waals surface area contributed by atoms with Gasteiger partial charge in [-0.2, -0.15) is 0 Å². The fraction of sp³-hybridized carbons (Fsp3) is 0.714. The zero-order chi connectivity index (χ0) is 29.0. The fourth-order valence-electron chi connectivity index (χ4n) is 9.73. The summed E-state index contributed by atoms with van der Waals surface area (Å²) in [6, 6.07) is 8.32. The molecular weight excluding hydrogens is 532 g/mol. The van der Waals surface area contributed by atoms with Gasteiger partial charge in [0.1, 0.15) is 0 Å². The molecule has 7 atom stereocenters. The minimum atomic E-state index is -0.927. The van der Waals surface area contributed by atoms with Crippen molar-refractivity contribution < 1.29 is 34.3 Å². The number of ether oxygens (including phenoxy) is 4. The standard InChI is InChI=1S/C35H48O7/c1-32-21-27(25-8-6-24(22-36)7-9-25)31-26(10-14-33(37)23-35(16-12-29(31)33)41-19-20-42-35)28(32)11-15-34(32,38)13-4-18-40-30-5-2-3-17-39-30/h4,6-9,13,26-28,30,36-38H,2-3,5,10-12,14-23H2,1H3/b13-4-/t26-,27+,28-,30?,32-,33+,34-/m0/s1. The van der Waals surface area contributed by atoms with Crippen LogP contribution in [0, 0.1) is 17.3 Å². The van der Waals surface area contributed by atoms with Crippen molar-refractivity contribution in [3.8, 4) is 0 Å². The van der Waals surface area contributed by atoms with E-state index in [1.165, 1.54) is 16.7 Å². The molecule has 0 aromatic heterocycles. The third kappa shape index (κ3) is 4.84. The monoisotopic (exact) mass is 580 g/mol. The molecule has 42 heavy (non-hydrogen) atoms. The van der Waals surface area contributed by atoms with Gasteiger partial charge in [0.25, 0.3) is 0 Å². The molecule has 0 amide bonds. The summed E-state index contributed by atoms with van der Waals surface area (Å²) < 4.78 is 23.9. The van der Waals surface area contributed by atoms with Crippen molar-refractivity contribution in [1.29, 1.82) is 0 Å². The molecule has 2 saturated heterocycles. The van der Waals surface area contributed by atoms with E-state index in [1.807, 2.05) is 24.3 Å². The Bertz CT molecular complexity index is 1200. The summed E-state index contributed by atoms with van der Waals surface area (Å²) in [5, 5.41) is 34.3. The van der Waals surface area contributed by atoms with Crippen LogP contribution >= 0.6 is 0 Å². The third-order valence-electron chi connectivity index (χ3n) is 11.9. The first-order valence-corrected chi connectivity index (χ1v) is 16.3. The maximum Gasteiger partial charge on any atom is 0.171 e. The molecular formula is C35H48O7. The van der Waals surface area contributed by atoms with Gasteiger partial charge in [0.15, 0.2) is 12.1 Å². The molecule has 7 heteroatoms. The summed E-state index contributed by atoms with van der Waals surface area (Å²) in [7, 11) is 0. The van der Waals surface area contributed by atoms with E-state index in [9.17, 15) is 15.3 Å². The summed E-state index contributed by atoms with van der Waals surface area (Å²) in [6.07, 6.45) is 13.2. The van der Waals surface area contributed by atoms with Crippen LogP contribution in [0.4, 0.5) is 0 Å². The minimum Gasteiger partial charge on any atom is -0.392 e. The highest BCUT2D eigenvalue weighted by Crippen LogP contribution is 2.68. The second kappa shape index (κ2) is 11.1. The zero-order valence-corrected chi connectivity index (χ0v) is 25.1. The fourth-order valence-corrected chi connectivity index (χ4v) is 9.73. The number of hydrogen-bond acceptors (Lipinski definition) is 7. The van der Waals surface area contributed by atoms with Crippen molar-refractivity contribution in [2.45, 2.75) is 113 Å². The summed E-state index contributed by atoms with van der Waals surface area (Å²) in [5.74, 6) is 0.0890. The minimum absolute atomic E-state index is 0.0155. The number of aliphatic hydroxyl groups is 3. The van der Waals surface area contributed by atoms with Crippen molar-refractivity contribution in [1.82, 2.24) is 0 Å². The highest BCUT2D eigenvalue weighted by Gasteiger charge is 2.64. The van der Waals surface area contributed by atoms with Gasteiger partial charge in [-0.05, 0) is 86.3 Å². The van der Waals surface area contributed by atoms with Crippen LogP contribution in [0.1, 0.15) is 94.6 Å². The van der Waals surface area contributed by atoms with E-state index in [0.29, 0.717) is 44.5 Å². The molecule has 7 rings (SSSR count). The van der Waals surface area contributed by atoms with Crippen molar-refractivity contribution in [3.63, 3.8) is 0 Å². The van der Waals surface area contributed by atoms with Crippen molar-refractivity contribution in [3.05, 3.63) is 58.7 Å². The van der Waals surface area contributed by atoms with Crippen molar-refractivity contribution >= 4 is 0 Å². The summed E-state index contributed by atoms with van der Waals surface area (Å²) in [4.78, 5) is 0. The van der Waals surface area contributed by atoms with E-state index in [1.54, 1.807) is 0 Å². The second-order valence-corrected chi connectivity index (χ2v) is 14.1. The van der Waals surface area contributed by atoms with Crippen LogP contribution in [0.5, 0.6) is 0 Å². The molecule has 0 bridgehead atoms. The van der Waals surface area contributed by atoms with Gasteiger partial charge in [0.05, 0.1) is 37.6 Å². The molecule has 3 N–H and O–H groups in total. The van der Waals surface area contributed by atoms with Crippen LogP contribution in [0.15, 0.2) is 47.6 Å². The third-order valence-corrected chi connectivity index (χ3v) is 11.9. The molecule has 2 aliphatic heterocycles. The first kappa shape index (κ1) is 29.1. The normalized spacial score (nSPS) is 41.2. The smallest absolute Gasteiger partial charge is 0.171 e. The molecule has 0 radical (unpaired) electrons. The molecule has 2 heterocycles. The maximum absolute atomic E-state index is 12.3. The molecule has 5 fully saturated rings. The Balaban J connectivity index is 1.22. The lowest BCUT2D eigenvalue weighted by molar-refractivity contribution is -0.208. The van der Waals surface area contributed by atoms with Gasteiger partial charge in [-0.25, -0.2) is 0 Å². The first-order valence-electron chi connectivity index (χ1n) is 16.3. The SMILES string of the molecule is C[C@]12C[C@H](c3ccc(CO)cc3)C3=C4CCC5(C[C@]4(O)CC[C@H]3[C@@H]1CC[C@@]2(O)/C=C\COC1CCCCO1)OCCO5. The van der Waals surface area contributed by atoms with Crippen molar-refractivity contribution in [2.24, 2.45) is 17.3 Å². The molecule has 1 aromatic rings. The van der Waals surface area contributed by atoms with Crippen LogP contribution in [0.25, 0.3) is 0 Å². The number of allylic oxidation sites excluding steroid dienone is 1. The Morgan fingerprint density at radius 1 is 0.976 bits per heavy atom. The number of aliphatic hydroxyl groups excluding tert-OH is 1. The van der Waals surface area contributed by atoms with E-state index in [2.05, 4.69) is 19.1 Å². The molecule has 1 unspecified atom stereocenters. The van der Waals surface area contributed by atoms with Gasteiger partial charge < -0.3 is 34.3 Å². The van der Waals surface area contributed by atoms with E-state index in [-0.39, 0.29) is 24.2 Å². The predicted molar refractivity (Wildman–Crippen MR) is 157 cm³/mol. The van der Waals surface area contributed by atoms with E-state index in [4.69, 9.17) is 18.9 Å². The Labute approximate surface area is 249 Å². The van der Waals surface area contributed by atoms with Gasteiger partial charge in [-0.15, -0.1) is 0 Å². The van der Waals surface area contributed by atoms with Gasteiger partial charge in [-0.3, -0.25) is 0 Å². The van der Waals surface area contributed by atoms with E-state index < -0.39 is 17.0 Å². The van der Waals surface area contributed by atoms with Crippen LogP contribution in [-0.2, 0) is 25.6 Å². The second-order valence-electron chi connectivity index (χ2n) is 14.1. The molecule has 3 saturated carbocycles. The summed E-state index contributed by atoms with van der Waals surface area (Å²) >= 11 is 0. The Morgan fingerprint density at radius 3 is 2.52 bits per heavy atom. The van der Waals surface area contributed by atoms with E-state index in [0.717, 1.165) is 70.0 Å². The highest BCUT2D eigenvalue weighted by molar-refractivity contribution is 5.44. The summed E-state index contributed by atoms with van der Waals surface area (Å²) in [5.41, 5.74) is 2.54. The molecule has 6 aliphatic rings. The Kier molecular flexibility index (Phi) is 7.70. The first-order chi connectivity index (χ1) is 20.3. The van der Waals surface area contributed by atoms with Crippen LogP contribution in [-0.4, -0.2) is 65.0 Å². The number of hydrogen-bond donors (Lipinski definition) is 3. The lowest BCUT2D eigenvalue weighted by atomic mass is 9.49. The van der Waals surface area contributed by atoms with Crippen LogP contribution in [0.2, 0.25) is 0 Å².